The average Bonchev–Trinajstić information content (AvgIpc) is 2.59. The highest BCUT2D eigenvalue weighted by atomic mass is 35.5. The molecule has 0 N–H and O–H groups in total. The number of esters is 2. The molecule has 2 aromatic carbocycles. The van der Waals surface area contributed by atoms with Gasteiger partial charge in [-0.05, 0) is 24.6 Å². The van der Waals surface area contributed by atoms with Gasteiger partial charge in [0.05, 0.1) is 9.95 Å². The second kappa shape index (κ2) is 9.17. The molecule has 26 heavy (non-hydrogen) atoms. The van der Waals surface area contributed by atoms with Crippen molar-refractivity contribution in [2.24, 2.45) is 0 Å². The maximum absolute atomic E-state index is 11.8. The molecule has 9 heteroatoms. The summed E-state index contributed by atoms with van der Waals surface area (Å²) in [6.45, 7) is 0. The summed E-state index contributed by atoms with van der Waals surface area (Å²) >= 11 is 11.7. The highest BCUT2D eigenvalue weighted by Crippen LogP contribution is 2.31. The molecule has 0 aliphatic rings. The Morgan fingerprint density at radius 1 is 0.923 bits per heavy atom. The Kier molecular flexibility index (Phi) is 6.94. The van der Waals surface area contributed by atoms with Gasteiger partial charge >= 0.3 is 17.6 Å². The summed E-state index contributed by atoms with van der Waals surface area (Å²) in [4.78, 5) is 33.8. The number of nitrogens with zero attached hydrogens (tertiary/aromatic N) is 1. The molecule has 0 radical (unpaired) electrons. The highest BCUT2D eigenvalue weighted by Gasteiger charge is 2.17. The zero-order valence-corrected chi connectivity index (χ0v) is 14.8. The molecule has 7 nitrogen and oxygen atoms in total. The number of rotatable bonds is 7. The number of halogens is 2. The molecule has 0 spiro atoms. The van der Waals surface area contributed by atoms with Crippen molar-refractivity contribution in [3.8, 4) is 11.5 Å². The summed E-state index contributed by atoms with van der Waals surface area (Å²) in [6, 6.07) is 10.2. The van der Waals surface area contributed by atoms with Crippen molar-refractivity contribution < 1.29 is 24.0 Å². The molecule has 0 saturated carbocycles. The van der Waals surface area contributed by atoms with Gasteiger partial charge in [-0.2, -0.15) is 0 Å². The Hall–Kier alpha value is -2.64. The normalized spacial score (nSPS) is 10.2. The van der Waals surface area contributed by atoms with Crippen molar-refractivity contribution >= 4 is 40.8 Å². The first kappa shape index (κ1) is 19.7. The summed E-state index contributed by atoms with van der Waals surface area (Å²) < 4.78 is 10.1. The van der Waals surface area contributed by atoms with E-state index in [-0.39, 0.29) is 46.5 Å². The lowest BCUT2D eigenvalue weighted by Gasteiger charge is -2.07. The molecule has 2 aromatic rings. The largest absolute Gasteiger partial charge is 0.425 e. The molecule has 0 aliphatic heterocycles. The molecule has 0 heterocycles. The van der Waals surface area contributed by atoms with Gasteiger partial charge in [0.2, 0.25) is 5.75 Å². The number of nitro groups is 1. The summed E-state index contributed by atoms with van der Waals surface area (Å²) in [7, 11) is 0. The van der Waals surface area contributed by atoms with Crippen LogP contribution in [0.25, 0.3) is 0 Å². The number of carbonyl (C=O) groups is 2. The summed E-state index contributed by atoms with van der Waals surface area (Å²) in [5, 5.41) is 11.2. The van der Waals surface area contributed by atoms with Gasteiger partial charge in [0.25, 0.3) is 0 Å². The maximum atomic E-state index is 11.8. The fraction of sp³-hybridized carbons (Fsp3) is 0.176. The molecule has 136 valence electrons. The quantitative estimate of drug-likeness (QED) is 0.293. The van der Waals surface area contributed by atoms with Crippen molar-refractivity contribution in [1.82, 2.24) is 0 Å². The van der Waals surface area contributed by atoms with Crippen LogP contribution >= 0.6 is 23.2 Å². The summed E-state index contributed by atoms with van der Waals surface area (Å²) in [5.41, 5.74) is -0.309. The minimum atomic E-state index is -0.687. The lowest BCUT2D eigenvalue weighted by molar-refractivity contribution is -0.385. The molecule has 0 unspecified atom stereocenters. The van der Waals surface area contributed by atoms with Crippen molar-refractivity contribution in [3.05, 3.63) is 62.6 Å². The SMILES string of the molecule is O=C(CCCC(=O)Oc1cccc(Cl)c1Cl)Oc1ccccc1[N+](=O)[O-]. The zero-order valence-electron chi connectivity index (χ0n) is 13.3. The van der Waals surface area contributed by atoms with Gasteiger partial charge in [-0.15, -0.1) is 0 Å². The Labute approximate surface area is 158 Å². The third kappa shape index (κ3) is 5.44. The number of carbonyl (C=O) groups excluding carboxylic acids is 2. The Morgan fingerprint density at radius 2 is 1.50 bits per heavy atom. The smallest absolute Gasteiger partial charge is 0.311 e. The molecule has 0 amide bonds. The zero-order chi connectivity index (χ0) is 19.1. The van der Waals surface area contributed by atoms with E-state index in [2.05, 4.69) is 0 Å². The first-order valence-corrected chi connectivity index (χ1v) is 8.23. The van der Waals surface area contributed by atoms with E-state index in [0.717, 1.165) is 0 Å². The minimum absolute atomic E-state index is 0.0607. The number of nitro benzene ring substituents is 1. The van der Waals surface area contributed by atoms with Gasteiger partial charge in [-0.25, -0.2) is 0 Å². The molecule has 0 saturated heterocycles. The fourth-order valence-electron chi connectivity index (χ4n) is 1.98. The van der Waals surface area contributed by atoms with Gasteiger partial charge in [-0.3, -0.25) is 19.7 Å². The standard InChI is InChI=1S/C17H13Cl2NO6/c18-11-5-3-8-14(17(11)19)26-16(22)10-4-9-15(21)25-13-7-2-1-6-12(13)20(23)24/h1-3,5-8H,4,9-10H2. The van der Waals surface area contributed by atoms with E-state index < -0.39 is 16.9 Å². The van der Waals surface area contributed by atoms with Crippen LogP contribution in [0.4, 0.5) is 5.69 Å². The minimum Gasteiger partial charge on any atom is -0.425 e. The molecule has 0 fully saturated rings. The van der Waals surface area contributed by atoms with Gasteiger partial charge in [-0.1, -0.05) is 41.4 Å². The van der Waals surface area contributed by atoms with Crippen LogP contribution in [-0.2, 0) is 9.59 Å². The Morgan fingerprint density at radius 3 is 2.15 bits per heavy atom. The second-order valence-corrected chi connectivity index (χ2v) is 5.86. The van der Waals surface area contributed by atoms with Crippen molar-refractivity contribution in [1.29, 1.82) is 0 Å². The van der Waals surface area contributed by atoms with Crippen LogP contribution in [0.2, 0.25) is 10.0 Å². The van der Waals surface area contributed by atoms with E-state index in [1.165, 1.54) is 30.3 Å². The number of hydrogen-bond donors (Lipinski definition) is 0. The molecule has 0 aliphatic carbocycles. The monoisotopic (exact) mass is 397 g/mol. The van der Waals surface area contributed by atoms with Gasteiger partial charge < -0.3 is 9.47 Å². The van der Waals surface area contributed by atoms with Crippen molar-refractivity contribution in [2.75, 3.05) is 0 Å². The van der Waals surface area contributed by atoms with E-state index in [4.69, 9.17) is 32.7 Å². The van der Waals surface area contributed by atoms with Crippen molar-refractivity contribution in [2.45, 2.75) is 19.3 Å². The van der Waals surface area contributed by atoms with Gasteiger partial charge in [0.15, 0.2) is 5.75 Å². The van der Waals surface area contributed by atoms with Crippen LogP contribution in [0.5, 0.6) is 11.5 Å². The first-order chi connectivity index (χ1) is 12.4. The van der Waals surface area contributed by atoms with Crippen LogP contribution in [-0.4, -0.2) is 16.9 Å². The van der Waals surface area contributed by atoms with E-state index in [9.17, 15) is 19.7 Å². The van der Waals surface area contributed by atoms with Crippen LogP contribution in [0, 0.1) is 10.1 Å². The Bertz CT molecular complexity index is 840. The molecule has 0 bridgehead atoms. The van der Waals surface area contributed by atoms with Crippen molar-refractivity contribution in [3.63, 3.8) is 0 Å². The maximum Gasteiger partial charge on any atom is 0.311 e. The molecule has 0 aromatic heterocycles. The van der Waals surface area contributed by atoms with Gasteiger partial charge in [0, 0.05) is 18.9 Å². The van der Waals surface area contributed by atoms with E-state index >= 15 is 0 Å². The third-order valence-corrected chi connectivity index (χ3v) is 3.99. The number of para-hydroxylation sites is 2. The number of hydrogen-bond acceptors (Lipinski definition) is 6. The lowest BCUT2D eigenvalue weighted by Crippen LogP contribution is -2.12. The first-order valence-electron chi connectivity index (χ1n) is 7.47. The lowest BCUT2D eigenvalue weighted by atomic mass is 10.2. The van der Waals surface area contributed by atoms with E-state index in [1.807, 2.05) is 0 Å². The van der Waals surface area contributed by atoms with Crippen LogP contribution in [0.1, 0.15) is 19.3 Å². The highest BCUT2D eigenvalue weighted by molar-refractivity contribution is 6.43. The van der Waals surface area contributed by atoms with Gasteiger partial charge in [0.1, 0.15) is 5.02 Å². The molecule has 0 atom stereocenters. The van der Waals surface area contributed by atoms with E-state index in [1.54, 1.807) is 12.1 Å². The molecular formula is C17H13Cl2NO6. The summed E-state index contributed by atoms with van der Waals surface area (Å²) in [6.07, 6.45) is -0.0181. The number of ether oxygens (including phenoxy) is 2. The van der Waals surface area contributed by atoms with Crippen LogP contribution in [0.3, 0.4) is 0 Å². The van der Waals surface area contributed by atoms with Crippen LogP contribution < -0.4 is 9.47 Å². The molecular weight excluding hydrogens is 385 g/mol. The predicted molar refractivity (Wildman–Crippen MR) is 94.7 cm³/mol. The Balaban J connectivity index is 1.82. The number of benzene rings is 2. The molecule has 2 rings (SSSR count). The second-order valence-electron chi connectivity index (χ2n) is 5.08. The van der Waals surface area contributed by atoms with Crippen LogP contribution in [0.15, 0.2) is 42.5 Å². The summed E-state index contributed by atoms with van der Waals surface area (Å²) in [5.74, 6) is -1.29. The third-order valence-electron chi connectivity index (χ3n) is 3.19. The average molecular weight is 398 g/mol. The predicted octanol–water partition coefficient (Wildman–Crippen LogP) is 4.58. The van der Waals surface area contributed by atoms with E-state index in [0.29, 0.717) is 0 Å². The fourth-order valence-corrected chi connectivity index (χ4v) is 2.31. The topological polar surface area (TPSA) is 95.7 Å².